The fourth-order valence-corrected chi connectivity index (χ4v) is 3.81. The number of nitrogens with one attached hydrogen (secondary N) is 1. The van der Waals surface area contributed by atoms with E-state index in [0.29, 0.717) is 24.4 Å². The van der Waals surface area contributed by atoms with Crippen molar-refractivity contribution >= 4 is 27.7 Å². The molecule has 0 atom stereocenters. The minimum Gasteiger partial charge on any atom is -0.352 e. The molecule has 3 rings (SSSR count). The van der Waals surface area contributed by atoms with Crippen molar-refractivity contribution in [2.75, 3.05) is 19.6 Å². The lowest BCUT2D eigenvalue weighted by atomic mass is 9.96. The minimum atomic E-state index is -0.0879. The molecule has 1 saturated heterocycles. The third kappa shape index (κ3) is 5.63. The van der Waals surface area contributed by atoms with Crippen LogP contribution in [0.3, 0.4) is 0 Å². The Morgan fingerprint density at radius 1 is 1.15 bits per heavy atom. The Labute approximate surface area is 168 Å². The van der Waals surface area contributed by atoms with Gasteiger partial charge in [0.05, 0.1) is 5.56 Å². The number of nitrogens with zero attached hydrogens (tertiary/aromatic N) is 2. The third-order valence-corrected chi connectivity index (χ3v) is 5.78. The van der Waals surface area contributed by atoms with E-state index in [1.807, 2.05) is 23.1 Å². The van der Waals surface area contributed by atoms with E-state index in [1.54, 1.807) is 24.5 Å². The topological polar surface area (TPSA) is 62.3 Å². The number of carbonyl (C=O) groups is 2. The molecule has 6 heteroatoms. The van der Waals surface area contributed by atoms with Crippen LogP contribution in [-0.2, 0) is 11.2 Å². The van der Waals surface area contributed by atoms with Gasteiger partial charge in [-0.1, -0.05) is 34.1 Å². The van der Waals surface area contributed by atoms with E-state index in [2.05, 4.69) is 32.3 Å². The van der Waals surface area contributed by atoms with Gasteiger partial charge < -0.3 is 10.2 Å². The van der Waals surface area contributed by atoms with Crippen LogP contribution in [-0.4, -0.2) is 41.3 Å². The molecule has 1 aromatic heterocycles. The average Bonchev–Trinajstić information content (AvgIpc) is 2.72. The van der Waals surface area contributed by atoms with Crippen molar-refractivity contribution in [1.82, 2.24) is 15.2 Å². The lowest BCUT2D eigenvalue weighted by Crippen LogP contribution is -2.41. The fourth-order valence-electron chi connectivity index (χ4n) is 3.32. The summed E-state index contributed by atoms with van der Waals surface area (Å²) in [6.45, 7) is 2.18. The maximum atomic E-state index is 12.5. The molecular formula is C21H24BrN3O2. The van der Waals surface area contributed by atoms with Gasteiger partial charge in [-0.15, -0.1) is 0 Å². The molecule has 0 bridgehead atoms. The first-order valence-electron chi connectivity index (χ1n) is 9.33. The van der Waals surface area contributed by atoms with E-state index >= 15 is 0 Å². The molecule has 1 aliphatic heterocycles. The molecule has 27 heavy (non-hydrogen) atoms. The fraction of sp³-hybridized carbons (Fsp3) is 0.381. The highest BCUT2D eigenvalue weighted by Crippen LogP contribution is 2.20. The summed E-state index contributed by atoms with van der Waals surface area (Å²) >= 11 is 3.53. The summed E-state index contributed by atoms with van der Waals surface area (Å²) in [4.78, 5) is 30.5. The van der Waals surface area contributed by atoms with Crippen LogP contribution in [0.4, 0.5) is 0 Å². The summed E-state index contributed by atoms with van der Waals surface area (Å²) in [5.74, 6) is 0.539. The normalized spacial score (nSPS) is 14.8. The predicted octanol–water partition coefficient (Wildman–Crippen LogP) is 3.45. The smallest absolute Gasteiger partial charge is 0.252 e. The van der Waals surface area contributed by atoms with Crippen LogP contribution >= 0.6 is 15.9 Å². The minimum absolute atomic E-state index is 0.0879. The number of pyridine rings is 1. The zero-order valence-electron chi connectivity index (χ0n) is 15.2. The Kier molecular flexibility index (Phi) is 6.98. The summed E-state index contributed by atoms with van der Waals surface area (Å²) in [6.07, 6.45) is 6.36. The number of aryl methyl sites for hydroxylation is 1. The number of aromatic nitrogens is 1. The van der Waals surface area contributed by atoms with Crippen molar-refractivity contribution in [3.8, 4) is 0 Å². The first kappa shape index (κ1) is 19.5. The maximum Gasteiger partial charge on any atom is 0.252 e. The molecule has 0 unspecified atom stereocenters. The third-order valence-electron chi connectivity index (χ3n) is 5.01. The number of halogens is 1. The van der Waals surface area contributed by atoms with Crippen molar-refractivity contribution < 1.29 is 9.59 Å². The molecule has 1 aliphatic rings. The van der Waals surface area contributed by atoms with Gasteiger partial charge in [0.1, 0.15) is 0 Å². The molecule has 0 spiro atoms. The molecule has 0 saturated carbocycles. The van der Waals surface area contributed by atoms with Crippen molar-refractivity contribution in [2.24, 2.45) is 5.92 Å². The predicted molar refractivity (Wildman–Crippen MR) is 108 cm³/mol. The van der Waals surface area contributed by atoms with Crippen LogP contribution in [0.2, 0.25) is 0 Å². The van der Waals surface area contributed by atoms with Gasteiger partial charge in [0, 0.05) is 42.9 Å². The van der Waals surface area contributed by atoms with Gasteiger partial charge in [0.15, 0.2) is 0 Å². The van der Waals surface area contributed by atoms with E-state index in [0.717, 1.165) is 36.8 Å². The molecule has 2 heterocycles. The summed E-state index contributed by atoms with van der Waals surface area (Å²) in [5.41, 5.74) is 1.75. The van der Waals surface area contributed by atoms with E-state index in [-0.39, 0.29) is 11.8 Å². The van der Waals surface area contributed by atoms with Crippen LogP contribution in [0, 0.1) is 5.92 Å². The van der Waals surface area contributed by atoms with Crippen molar-refractivity contribution in [3.63, 3.8) is 0 Å². The molecule has 0 radical (unpaired) electrons. The highest BCUT2D eigenvalue weighted by Gasteiger charge is 2.23. The van der Waals surface area contributed by atoms with Gasteiger partial charge in [-0.05, 0) is 48.9 Å². The first-order valence-corrected chi connectivity index (χ1v) is 10.1. The first-order chi connectivity index (χ1) is 13.1. The zero-order valence-corrected chi connectivity index (χ0v) is 16.8. The molecule has 142 valence electrons. The van der Waals surface area contributed by atoms with E-state index in [4.69, 9.17) is 0 Å². The standard InChI is InChI=1S/C21H24BrN3O2/c22-19-6-2-1-4-17(19)7-8-20(26)25-12-9-16(10-13-25)14-24-21(27)18-5-3-11-23-15-18/h1-6,11,15-16H,7-10,12-14H2,(H,24,27). The summed E-state index contributed by atoms with van der Waals surface area (Å²) in [5, 5.41) is 2.98. The number of likely N-dealkylation sites (tertiary alicyclic amines) is 1. The number of amides is 2. The second-order valence-corrected chi connectivity index (χ2v) is 7.72. The summed E-state index contributed by atoms with van der Waals surface area (Å²) < 4.78 is 1.06. The maximum absolute atomic E-state index is 12.5. The van der Waals surface area contributed by atoms with Crippen LogP contribution in [0.25, 0.3) is 0 Å². The van der Waals surface area contributed by atoms with Gasteiger partial charge in [-0.25, -0.2) is 0 Å². The highest BCUT2D eigenvalue weighted by atomic mass is 79.9. The number of hydrogen-bond donors (Lipinski definition) is 1. The van der Waals surface area contributed by atoms with Gasteiger partial charge in [0.25, 0.3) is 5.91 Å². The van der Waals surface area contributed by atoms with Gasteiger partial charge in [0.2, 0.25) is 5.91 Å². The second kappa shape index (κ2) is 9.65. The largest absolute Gasteiger partial charge is 0.352 e. The van der Waals surface area contributed by atoms with Crippen LogP contribution in [0.15, 0.2) is 53.3 Å². The van der Waals surface area contributed by atoms with Crippen LogP contribution in [0.1, 0.15) is 35.2 Å². The Balaban J connectivity index is 1.39. The second-order valence-electron chi connectivity index (χ2n) is 6.87. The number of rotatable bonds is 6. The molecule has 0 aliphatic carbocycles. The molecule has 5 nitrogen and oxygen atoms in total. The molecular weight excluding hydrogens is 406 g/mol. The van der Waals surface area contributed by atoms with Crippen molar-refractivity contribution in [1.29, 1.82) is 0 Å². The van der Waals surface area contributed by atoms with E-state index < -0.39 is 0 Å². The number of carbonyl (C=O) groups excluding carboxylic acids is 2. The highest BCUT2D eigenvalue weighted by molar-refractivity contribution is 9.10. The molecule has 1 fully saturated rings. The van der Waals surface area contributed by atoms with Crippen LogP contribution < -0.4 is 5.32 Å². The van der Waals surface area contributed by atoms with E-state index in [9.17, 15) is 9.59 Å². The Morgan fingerprint density at radius 3 is 2.63 bits per heavy atom. The van der Waals surface area contributed by atoms with Crippen LogP contribution in [0.5, 0.6) is 0 Å². The average molecular weight is 430 g/mol. The van der Waals surface area contributed by atoms with E-state index in [1.165, 1.54) is 5.56 Å². The number of benzene rings is 1. The number of piperidine rings is 1. The molecule has 1 aromatic carbocycles. The summed E-state index contributed by atoms with van der Waals surface area (Å²) in [7, 11) is 0. The van der Waals surface area contributed by atoms with Gasteiger partial charge >= 0.3 is 0 Å². The van der Waals surface area contributed by atoms with Gasteiger partial charge in [-0.3, -0.25) is 14.6 Å². The Bertz CT molecular complexity index is 774. The summed E-state index contributed by atoms with van der Waals surface area (Å²) in [6, 6.07) is 11.5. The lowest BCUT2D eigenvalue weighted by molar-refractivity contribution is -0.132. The molecule has 2 aromatic rings. The quantitative estimate of drug-likeness (QED) is 0.764. The SMILES string of the molecule is O=C(NCC1CCN(C(=O)CCc2ccccc2Br)CC1)c1cccnc1. The Morgan fingerprint density at radius 2 is 1.93 bits per heavy atom. The molecule has 2 amide bonds. The lowest BCUT2D eigenvalue weighted by Gasteiger charge is -2.32. The van der Waals surface area contributed by atoms with Crippen molar-refractivity contribution in [3.05, 3.63) is 64.4 Å². The zero-order chi connectivity index (χ0) is 19.1. The number of hydrogen-bond acceptors (Lipinski definition) is 3. The Hall–Kier alpha value is -2.21. The monoisotopic (exact) mass is 429 g/mol. The van der Waals surface area contributed by atoms with Crippen molar-refractivity contribution in [2.45, 2.75) is 25.7 Å². The molecule has 1 N–H and O–H groups in total. The van der Waals surface area contributed by atoms with Gasteiger partial charge in [-0.2, -0.15) is 0 Å².